The number of halogens is 5. The molecule has 8 heteroatoms. The van der Waals surface area contributed by atoms with Gasteiger partial charge in [0.25, 0.3) is 6.02 Å². The van der Waals surface area contributed by atoms with Gasteiger partial charge >= 0.3 is 0 Å². The van der Waals surface area contributed by atoms with Gasteiger partial charge in [0.05, 0.1) is 21.1 Å². The first kappa shape index (κ1) is 21.6. The van der Waals surface area contributed by atoms with Crippen molar-refractivity contribution in [3.05, 3.63) is 25.1 Å². The number of aliphatic imine (C=N–C) groups is 1. The summed E-state index contributed by atoms with van der Waals surface area (Å²) in [5, 5.41) is 4.09. The van der Waals surface area contributed by atoms with E-state index in [9.17, 15) is 0 Å². The molecule has 27 heavy (non-hydrogen) atoms. The Hall–Kier alpha value is -0.0600. The second-order valence-corrected chi connectivity index (χ2v) is 9.10. The van der Waals surface area contributed by atoms with Gasteiger partial charge < -0.3 is 10.1 Å². The molecule has 0 aliphatic heterocycles. The average molecular weight is 473 g/mol. The van der Waals surface area contributed by atoms with Crippen LogP contribution in [0, 0.1) is 0 Å². The molecule has 2 saturated carbocycles. The fraction of sp³-hybridized carbons (Fsp3) is 0.632. The number of amidine groups is 1. The van der Waals surface area contributed by atoms with E-state index in [0.717, 1.165) is 25.7 Å². The Bertz CT molecular complexity index is 669. The maximum Gasteiger partial charge on any atom is 0.290 e. The molecule has 0 amide bonds. The van der Waals surface area contributed by atoms with Crippen molar-refractivity contribution in [3.8, 4) is 5.75 Å². The van der Waals surface area contributed by atoms with E-state index in [0.29, 0.717) is 12.1 Å². The topological polar surface area (TPSA) is 33.6 Å². The Morgan fingerprint density at radius 3 is 1.74 bits per heavy atom. The minimum absolute atomic E-state index is 0.117. The SMILES string of the molecule is Clc1c(Cl)c(Cl)c(OC(=NC2CCCCC2)NC2CCCCC2)c(Cl)c1Cl. The van der Waals surface area contributed by atoms with Gasteiger partial charge in [0.1, 0.15) is 10.0 Å². The van der Waals surface area contributed by atoms with Gasteiger partial charge in [0.2, 0.25) is 0 Å². The van der Waals surface area contributed by atoms with E-state index < -0.39 is 0 Å². The standard InChI is InChI=1S/C19H23Cl5N2O/c20-13-14(21)16(23)18(17(24)15(13)22)27-19(25-11-7-3-1-4-8-11)26-12-9-5-2-6-10-12/h11-12H,1-10H2,(H,25,26). The highest BCUT2D eigenvalue weighted by atomic mass is 35.5. The molecule has 0 heterocycles. The van der Waals surface area contributed by atoms with Crippen molar-refractivity contribution in [1.29, 1.82) is 0 Å². The number of ether oxygens (including phenoxy) is 1. The van der Waals surface area contributed by atoms with Crippen LogP contribution in [0.4, 0.5) is 0 Å². The molecular weight excluding hydrogens is 449 g/mol. The summed E-state index contributed by atoms with van der Waals surface area (Å²) in [5.74, 6) is 0.190. The van der Waals surface area contributed by atoms with Gasteiger partial charge in [-0.15, -0.1) is 0 Å². The Morgan fingerprint density at radius 2 is 1.19 bits per heavy atom. The monoisotopic (exact) mass is 470 g/mol. The smallest absolute Gasteiger partial charge is 0.290 e. The molecule has 0 bridgehead atoms. The summed E-state index contributed by atoms with van der Waals surface area (Å²) in [6, 6.07) is 1.00. The van der Waals surface area contributed by atoms with Crippen molar-refractivity contribution in [2.45, 2.75) is 76.3 Å². The fourth-order valence-electron chi connectivity index (χ4n) is 3.66. The van der Waals surface area contributed by atoms with Gasteiger partial charge in [0, 0.05) is 6.04 Å². The van der Waals surface area contributed by atoms with Crippen LogP contribution in [-0.2, 0) is 0 Å². The summed E-state index contributed by atoms with van der Waals surface area (Å²) < 4.78 is 6.05. The largest absolute Gasteiger partial charge is 0.423 e. The quantitative estimate of drug-likeness (QED) is 0.210. The minimum Gasteiger partial charge on any atom is -0.423 e. The van der Waals surface area contributed by atoms with Crippen LogP contribution in [0.25, 0.3) is 0 Å². The first-order valence-corrected chi connectivity index (χ1v) is 11.4. The normalized spacial score (nSPS) is 20.0. The number of hydrogen-bond acceptors (Lipinski definition) is 2. The summed E-state index contributed by atoms with van der Waals surface area (Å²) in [5.41, 5.74) is 0. The summed E-state index contributed by atoms with van der Waals surface area (Å²) in [6.07, 6.45) is 11.6. The van der Waals surface area contributed by atoms with Crippen molar-refractivity contribution in [1.82, 2.24) is 5.32 Å². The lowest BCUT2D eigenvalue weighted by Crippen LogP contribution is -2.40. The molecule has 0 atom stereocenters. The van der Waals surface area contributed by atoms with Crippen LogP contribution < -0.4 is 10.1 Å². The number of nitrogens with one attached hydrogen (secondary N) is 1. The highest BCUT2D eigenvalue weighted by Gasteiger charge is 2.24. The molecule has 1 aromatic rings. The number of nitrogens with zero attached hydrogens (tertiary/aromatic N) is 1. The Kier molecular flexibility index (Phi) is 8.11. The number of rotatable bonds is 3. The number of hydrogen-bond donors (Lipinski definition) is 1. The molecule has 0 radical (unpaired) electrons. The molecule has 2 fully saturated rings. The van der Waals surface area contributed by atoms with Crippen molar-refractivity contribution in [2.75, 3.05) is 0 Å². The Morgan fingerprint density at radius 1 is 0.704 bits per heavy atom. The van der Waals surface area contributed by atoms with E-state index >= 15 is 0 Å². The van der Waals surface area contributed by atoms with Gasteiger partial charge in [-0.1, -0.05) is 96.5 Å². The van der Waals surface area contributed by atoms with Gasteiger partial charge in [-0.3, -0.25) is 0 Å². The molecule has 0 unspecified atom stereocenters. The van der Waals surface area contributed by atoms with Crippen LogP contribution in [0.5, 0.6) is 5.75 Å². The van der Waals surface area contributed by atoms with Crippen molar-refractivity contribution >= 4 is 64.0 Å². The second kappa shape index (κ2) is 10.1. The first-order chi connectivity index (χ1) is 13.0. The zero-order valence-corrected chi connectivity index (χ0v) is 18.8. The summed E-state index contributed by atoms with van der Waals surface area (Å²) in [7, 11) is 0. The molecule has 2 aliphatic rings. The molecule has 1 aromatic carbocycles. The molecular formula is C19H23Cl5N2O. The molecule has 1 N–H and O–H groups in total. The molecule has 3 nitrogen and oxygen atoms in total. The van der Waals surface area contributed by atoms with Crippen LogP contribution in [-0.4, -0.2) is 18.1 Å². The maximum atomic E-state index is 6.34. The summed E-state index contributed by atoms with van der Waals surface area (Å²) >= 11 is 31.1. The zero-order chi connectivity index (χ0) is 19.4. The minimum atomic E-state index is 0.117. The van der Waals surface area contributed by atoms with E-state index in [1.54, 1.807) is 0 Å². The second-order valence-electron chi connectivity index (χ2n) is 7.21. The van der Waals surface area contributed by atoms with Crippen LogP contribution in [0.3, 0.4) is 0 Å². The van der Waals surface area contributed by atoms with Crippen LogP contribution >= 0.6 is 58.0 Å². The van der Waals surface area contributed by atoms with Gasteiger partial charge in [-0.05, 0) is 25.7 Å². The lowest BCUT2D eigenvalue weighted by molar-refractivity contribution is 0.379. The highest BCUT2D eigenvalue weighted by molar-refractivity contribution is 6.55. The first-order valence-electron chi connectivity index (χ1n) is 9.51. The Balaban J connectivity index is 1.87. The van der Waals surface area contributed by atoms with Crippen LogP contribution in [0.15, 0.2) is 4.99 Å². The molecule has 2 aliphatic carbocycles. The Labute approximate surface area is 185 Å². The van der Waals surface area contributed by atoms with Crippen molar-refractivity contribution in [3.63, 3.8) is 0 Å². The van der Waals surface area contributed by atoms with E-state index in [-0.39, 0.29) is 36.9 Å². The van der Waals surface area contributed by atoms with Gasteiger partial charge in [-0.2, -0.15) is 0 Å². The lowest BCUT2D eigenvalue weighted by atomic mass is 9.95. The maximum absolute atomic E-state index is 6.34. The van der Waals surface area contributed by atoms with E-state index in [4.69, 9.17) is 67.7 Å². The van der Waals surface area contributed by atoms with Crippen molar-refractivity contribution < 1.29 is 4.74 Å². The van der Waals surface area contributed by atoms with Crippen molar-refractivity contribution in [2.24, 2.45) is 4.99 Å². The number of benzene rings is 1. The molecule has 0 spiro atoms. The average Bonchev–Trinajstić information content (AvgIpc) is 2.69. The predicted molar refractivity (Wildman–Crippen MR) is 116 cm³/mol. The molecule has 0 aromatic heterocycles. The summed E-state index contributed by atoms with van der Waals surface area (Å²) in [6.45, 7) is 0. The third-order valence-corrected chi connectivity index (χ3v) is 7.42. The fourth-order valence-corrected chi connectivity index (χ4v) is 4.86. The third-order valence-electron chi connectivity index (χ3n) is 5.18. The lowest BCUT2D eigenvalue weighted by Gasteiger charge is -2.26. The van der Waals surface area contributed by atoms with Gasteiger partial charge in [0.15, 0.2) is 5.75 Å². The molecule has 150 valence electrons. The predicted octanol–water partition coefficient (Wildman–Crippen LogP) is 7.94. The van der Waals surface area contributed by atoms with Gasteiger partial charge in [-0.25, -0.2) is 4.99 Å². The van der Waals surface area contributed by atoms with Crippen LogP contribution in [0.2, 0.25) is 25.1 Å². The highest BCUT2D eigenvalue weighted by Crippen LogP contribution is 2.48. The van der Waals surface area contributed by atoms with E-state index in [1.165, 1.54) is 38.5 Å². The van der Waals surface area contributed by atoms with E-state index in [1.807, 2.05) is 0 Å². The van der Waals surface area contributed by atoms with Crippen LogP contribution in [0.1, 0.15) is 64.2 Å². The molecule has 0 saturated heterocycles. The van der Waals surface area contributed by atoms with E-state index in [2.05, 4.69) is 5.32 Å². The summed E-state index contributed by atoms with van der Waals surface area (Å²) in [4.78, 5) is 4.84. The zero-order valence-electron chi connectivity index (χ0n) is 15.0. The third kappa shape index (κ3) is 5.51. The molecule has 3 rings (SSSR count).